The summed E-state index contributed by atoms with van der Waals surface area (Å²) in [7, 11) is 0. The molecule has 2 aromatic carbocycles. The fourth-order valence-corrected chi connectivity index (χ4v) is 3.14. The Morgan fingerprint density at radius 3 is 2.55 bits per heavy atom. The van der Waals surface area contributed by atoms with Crippen molar-refractivity contribution in [2.75, 3.05) is 11.5 Å². The molecule has 1 atom stereocenters. The number of carboxylic acid groups (broad SMARTS) is 1. The topological polar surface area (TPSA) is 105 Å². The van der Waals surface area contributed by atoms with Crippen molar-refractivity contribution in [3.63, 3.8) is 0 Å². The summed E-state index contributed by atoms with van der Waals surface area (Å²) < 4.78 is 11.0. The maximum Gasteiger partial charge on any atom is 0.344 e. The second-order valence-electron chi connectivity index (χ2n) is 6.53. The van der Waals surface area contributed by atoms with Crippen molar-refractivity contribution in [1.82, 2.24) is 5.32 Å². The summed E-state index contributed by atoms with van der Waals surface area (Å²) in [6, 6.07) is 13.4. The van der Waals surface area contributed by atoms with Gasteiger partial charge in [0.25, 0.3) is 11.8 Å². The molecule has 0 aliphatic carbocycles. The number of hydrogen-bond donors (Lipinski definition) is 2. The van der Waals surface area contributed by atoms with E-state index in [0.717, 1.165) is 0 Å². The van der Waals surface area contributed by atoms with Crippen LogP contribution in [0.5, 0.6) is 11.5 Å². The van der Waals surface area contributed by atoms with E-state index >= 15 is 0 Å². The van der Waals surface area contributed by atoms with Crippen LogP contribution in [-0.2, 0) is 14.4 Å². The van der Waals surface area contributed by atoms with E-state index < -0.39 is 23.9 Å². The Kier molecular flexibility index (Phi) is 6.66. The number of carboxylic acids is 1. The van der Waals surface area contributed by atoms with Gasteiger partial charge in [-0.2, -0.15) is 0 Å². The molecule has 2 aromatic rings. The fraction of sp³-hybridized carbons (Fsp3) is 0.182. The molecular formula is C22H20N2O6S. The van der Waals surface area contributed by atoms with Gasteiger partial charge in [-0.1, -0.05) is 24.3 Å². The van der Waals surface area contributed by atoms with Crippen LogP contribution in [0.1, 0.15) is 19.4 Å². The SMILES string of the molecule is CCOc1cc(/C=C2\C(=O)NC(=S)N(c3ccccc3)C2=O)ccc1O[C@H](C)C(=O)O. The van der Waals surface area contributed by atoms with Crippen LogP contribution in [0.25, 0.3) is 6.08 Å². The molecule has 0 spiro atoms. The lowest BCUT2D eigenvalue weighted by Crippen LogP contribution is -2.54. The zero-order chi connectivity index (χ0) is 22.5. The van der Waals surface area contributed by atoms with Gasteiger partial charge in [-0.15, -0.1) is 0 Å². The van der Waals surface area contributed by atoms with Crippen LogP contribution in [0.15, 0.2) is 54.1 Å². The second-order valence-corrected chi connectivity index (χ2v) is 6.92. The van der Waals surface area contributed by atoms with E-state index in [-0.39, 0.29) is 16.4 Å². The highest BCUT2D eigenvalue weighted by molar-refractivity contribution is 7.80. The predicted molar refractivity (Wildman–Crippen MR) is 118 cm³/mol. The van der Waals surface area contributed by atoms with E-state index in [2.05, 4.69) is 5.32 Å². The number of carbonyl (C=O) groups excluding carboxylic acids is 2. The minimum absolute atomic E-state index is 0.000221. The Morgan fingerprint density at radius 2 is 1.90 bits per heavy atom. The molecule has 0 saturated carbocycles. The number of rotatable bonds is 7. The fourth-order valence-electron chi connectivity index (χ4n) is 2.86. The zero-order valence-corrected chi connectivity index (χ0v) is 17.6. The Hall–Kier alpha value is -3.72. The highest BCUT2D eigenvalue weighted by atomic mass is 32.1. The molecule has 9 heteroatoms. The third-order valence-electron chi connectivity index (χ3n) is 4.35. The van der Waals surface area contributed by atoms with Crippen molar-refractivity contribution in [3.05, 3.63) is 59.7 Å². The smallest absolute Gasteiger partial charge is 0.344 e. The third-order valence-corrected chi connectivity index (χ3v) is 4.63. The molecule has 160 valence electrons. The lowest BCUT2D eigenvalue weighted by atomic mass is 10.1. The molecule has 1 fully saturated rings. The predicted octanol–water partition coefficient (Wildman–Crippen LogP) is 2.77. The van der Waals surface area contributed by atoms with Gasteiger partial charge < -0.3 is 14.6 Å². The van der Waals surface area contributed by atoms with Crippen molar-refractivity contribution in [1.29, 1.82) is 0 Å². The van der Waals surface area contributed by atoms with Gasteiger partial charge in [-0.3, -0.25) is 19.8 Å². The summed E-state index contributed by atoms with van der Waals surface area (Å²) in [6.07, 6.45) is 0.344. The van der Waals surface area contributed by atoms with Gasteiger partial charge in [0.2, 0.25) is 0 Å². The first-order valence-corrected chi connectivity index (χ1v) is 9.85. The number of para-hydroxylation sites is 1. The standard InChI is InChI=1S/C22H20N2O6S/c1-3-29-18-12-14(9-10-17(18)30-13(2)21(27)28)11-16-19(25)23-22(31)24(20(16)26)15-7-5-4-6-8-15/h4-13H,3H2,1-2H3,(H,27,28)(H,23,25,31)/b16-11+/t13-/m1/s1. The van der Waals surface area contributed by atoms with E-state index in [1.54, 1.807) is 49.4 Å². The molecule has 0 bridgehead atoms. The first-order valence-electron chi connectivity index (χ1n) is 9.44. The average molecular weight is 440 g/mol. The highest BCUT2D eigenvalue weighted by Crippen LogP contribution is 2.31. The van der Waals surface area contributed by atoms with E-state index in [0.29, 0.717) is 23.6 Å². The zero-order valence-electron chi connectivity index (χ0n) is 16.8. The molecule has 1 aliphatic rings. The Bertz CT molecular complexity index is 1070. The molecule has 2 amide bonds. The van der Waals surface area contributed by atoms with E-state index in [1.807, 2.05) is 0 Å². The minimum atomic E-state index is -1.12. The van der Waals surface area contributed by atoms with E-state index in [1.165, 1.54) is 24.0 Å². The maximum absolute atomic E-state index is 13.0. The summed E-state index contributed by atoms with van der Waals surface area (Å²) in [5, 5.41) is 11.6. The molecule has 2 N–H and O–H groups in total. The van der Waals surface area contributed by atoms with Crippen LogP contribution in [-0.4, -0.2) is 40.7 Å². The lowest BCUT2D eigenvalue weighted by molar-refractivity contribution is -0.144. The van der Waals surface area contributed by atoms with E-state index in [4.69, 9.17) is 26.8 Å². The summed E-state index contributed by atoms with van der Waals surface area (Å²) in [4.78, 5) is 37.8. The third kappa shape index (κ3) is 4.89. The number of hydrogen-bond acceptors (Lipinski definition) is 6. The quantitative estimate of drug-likeness (QED) is 0.387. The Labute approximate surface area is 184 Å². The summed E-state index contributed by atoms with van der Waals surface area (Å²) >= 11 is 5.18. The van der Waals surface area contributed by atoms with Crippen LogP contribution in [0.2, 0.25) is 0 Å². The number of nitrogens with zero attached hydrogens (tertiary/aromatic N) is 1. The Balaban J connectivity index is 1.96. The first-order chi connectivity index (χ1) is 14.8. The molecule has 0 radical (unpaired) electrons. The molecule has 1 saturated heterocycles. The summed E-state index contributed by atoms with van der Waals surface area (Å²) in [5.41, 5.74) is 0.926. The maximum atomic E-state index is 13.0. The van der Waals surface area contributed by atoms with E-state index in [9.17, 15) is 14.4 Å². The number of benzene rings is 2. The molecule has 3 rings (SSSR count). The van der Waals surface area contributed by atoms with Gasteiger partial charge >= 0.3 is 5.97 Å². The van der Waals surface area contributed by atoms with Gasteiger partial charge in [-0.25, -0.2) is 4.79 Å². The molecule has 8 nitrogen and oxygen atoms in total. The van der Waals surface area contributed by atoms with Crippen LogP contribution >= 0.6 is 12.2 Å². The normalized spacial score (nSPS) is 16.1. The van der Waals surface area contributed by atoms with Crippen molar-refractivity contribution >= 4 is 46.9 Å². The molecule has 31 heavy (non-hydrogen) atoms. The van der Waals surface area contributed by atoms with Crippen LogP contribution < -0.4 is 19.7 Å². The average Bonchev–Trinajstić information content (AvgIpc) is 2.73. The molecular weight excluding hydrogens is 420 g/mol. The van der Waals surface area contributed by atoms with Crippen molar-refractivity contribution < 1.29 is 29.0 Å². The summed E-state index contributed by atoms with van der Waals surface area (Å²) in [6.45, 7) is 3.49. The second kappa shape index (κ2) is 9.40. The number of nitrogens with one attached hydrogen (secondary N) is 1. The minimum Gasteiger partial charge on any atom is -0.490 e. The van der Waals surface area contributed by atoms with Crippen LogP contribution in [0, 0.1) is 0 Å². The van der Waals surface area contributed by atoms with Crippen LogP contribution in [0.4, 0.5) is 5.69 Å². The van der Waals surface area contributed by atoms with Crippen molar-refractivity contribution in [2.45, 2.75) is 20.0 Å². The number of amides is 2. The molecule has 0 aromatic heterocycles. The monoisotopic (exact) mass is 440 g/mol. The first kappa shape index (κ1) is 22.0. The molecule has 1 heterocycles. The van der Waals surface area contributed by atoms with Gasteiger partial charge in [0.15, 0.2) is 22.7 Å². The Morgan fingerprint density at radius 1 is 1.19 bits per heavy atom. The molecule has 0 unspecified atom stereocenters. The lowest BCUT2D eigenvalue weighted by Gasteiger charge is -2.28. The number of carbonyl (C=O) groups is 3. The number of thiocarbonyl (C=S) groups is 1. The largest absolute Gasteiger partial charge is 0.490 e. The van der Waals surface area contributed by atoms with Gasteiger partial charge in [-0.05, 0) is 62.0 Å². The van der Waals surface area contributed by atoms with Crippen molar-refractivity contribution in [3.8, 4) is 11.5 Å². The van der Waals surface area contributed by atoms with Crippen LogP contribution in [0.3, 0.4) is 0 Å². The van der Waals surface area contributed by atoms with Gasteiger partial charge in [0.1, 0.15) is 5.57 Å². The molecule has 1 aliphatic heterocycles. The van der Waals surface area contributed by atoms with Gasteiger partial charge in [0.05, 0.1) is 12.3 Å². The number of anilines is 1. The highest BCUT2D eigenvalue weighted by Gasteiger charge is 2.34. The van der Waals surface area contributed by atoms with Gasteiger partial charge in [0, 0.05) is 0 Å². The van der Waals surface area contributed by atoms with Crippen molar-refractivity contribution in [2.24, 2.45) is 0 Å². The number of aliphatic carboxylic acids is 1. The number of ether oxygens (including phenoxy) is 2. The summed E-state index contributed by atoms with van der Waals surface area (Å²) in [5.74, 6) is -1.75.